The second-order valence-electron chi connectivity index (χ2n) is 7.20. The Morgan fingerprint density at radius 2 is 1.80 bits per heavy atom. The third kappa shape index (κ3) is 5.50. The summed E-state index contributed by atoms with van der Waals surface area (Å²) in [6.07, 6.45) is -0.454. The van der Waals surface area contributed by atoms with E-state index in [4.69, 9.17) is 5.73 Å². The smallest absolute Gasteiger partial charge is 0.392 e. The molecule has 0 heterocycles. The van der Waals surface area contributed by atoms with Gasteiger partial charge in [-0.25, -0.2) is 8.42 Å². The first-order chi connectivity index (χ1) is 14.0. The highest BCUT2D eigenvalue weighted by molar-refractivity contribution is 7.89. The number of hydrogen-bond donors (Lipinski definition) is 4. The molecule has 0 aliphatic carbocycles. The third-order valence-electron chi connectivity index (χ3n) is 4.76. The largest absolute Gasteiger partial charge is 0.481 e. The normalized spacial score (nSPS) is 15.4. The van der Waals surface area contributed by atoms with Gasteiger partial charge in [-0.1, -0.05) is 60.9 Å². The van der Waals surface area contributed by atoms with Crippen molar-refractivity contribution in [3.8, 4) is 0 Å². The number of carboxylic acid groups (broad SMARTS) is 1. The van der Waals surface area contributed by atoms with Crippen molar-refractivity contribution in [2.75, 3.05) is 6.16 Å². The highest BCUT2D eigenvalue weighted by Gasteiger charge is 2.54. The fourth-order valence-corrected chi connectivity index (χ4v) is 6.47. The molecule has 2 unspecified atom stereocenters. The number of nitrogens with two attached hydrogens (primary N) is 1. The molecule has 0 fully saturated rings. The minimum absolute atomic E-state index is 0.0992. The van der Waals surface area contributed by atoms with Gasteiger partial charge in [0.05, 0.1) is 4.90 Å². The molecule has 2 rings (SSSR count). The molecule has 0 amide bonds. The molecular formula is C20H26N2O6PS+. The summed E-state index contributed by atoms with van der Waals surface area (Å²) in [4.78, 5) is 11.8. The first-order valence-electron chi connectivity index (χ1n) is 9.29. The Labute approximate surface area is 177 Å². The Bertz CT molecular complexity index is 1010. The summed E-state index contributed by atoms with van der Waals surface area (Å²) in [6.45, 7) is 3.22. The molecule has 2 aromatic carbocycles. The van der Waals surface area contributed by atoms with Gasteiger partial charge >= 0.3 is 19.2 Å². The molecule has 0 aliphatic rings. The number of aliphatic carboxylic acids is 1. The molecule has 30 heavy (non-hydrogen) atoms. The molecule has 2 aromatic rings. The molecule has 162 valence electrons. The summed E-state index contributed by atoms with van der Waals surface area (Å²) < 4.78 is 40.7. The Hall–Kier alpha value is -2.16. The van der Waals surface area contributed by atoms with Crippen LogP contribution in [0.5, 0.6) is 0 Å². The Morgan fingerprint density at radius 3 is 2.33 bits per heavy atom. The molecule has 8 nitrogen and oxygen atoms in total. The number of sulfonamides is 1. The molecule has 3 atom stereocenters. The number of hydrogen-bond acceptors (Lipinski definition) is 6. The minimum Gasteiger partial charge on any atom is -0.481 e. The van der Waals surface area contributed by atoms with Gasteiger partial charge in [-0.2, -0.15) is 0 Å². The zero-order valence-corrected chi connectivity index (χ0v) is 18.4. The van der Waals surface area contributed by atoms with Crippen LogP contribution in [0, 0.1) is 5.92 Å². The summed E-state index contributed by atoms with van der Waals surface area (Å²) in [5.74, 6) is -3.22. The van der Waals surface area contributed by atoms with Gasteiger partial charge in [0.15, 0.2) is 6.16 Å². The topological polar surface area (TPSA) is 147 Å². The maximum Gasteiger partial charge on any atom is 0.392 e. The fraction of sp³-hybridized carbons (Fsp3) is 0.350. The van der Waals surface area contributed by atoms with Crippen molar-refractivity contribution in [1.29, 1.82) is 0 Å². The van der Waals surface area contributed by atoms with Crippen molar-refractivity contribution < 1.29 is 28.0 Å². The van der Waals surface area contributed by atoms with Crippen LogP contribution in [-0.2, 0) is 25.9 Å². The van der Waals surface area contributed by atoms with Gasteiger partial charge in [-0.3, -0.25) is 4.79 Å². The summed E-state index contributed by atoms with van der Waals surface area (Å²) in [5.41, 5.74) is 4.36. The monoisotopic (exact) mass is 453 g/mol. The van der Waals surface area contributed by atoms with Crippen LogP contribution in [-0.4, -0.2) is 36.2 Å². The number of benzene rings is 2. The SMILES string of the molecule is CC(C)[C@](O)(NS(=O)(=O)c1ccccc1)[P+](=O)CC(C(=O)O)c1cccc(CN)c1. The minimum atomic E-state index is -4.19. The predicted molar refractivity (Wildman–Crippen MR) is 114 cm³/mol. The third-order valence-corrected chi connectivity index (χ3v) is 8.47. The van der Waals surface area contributed by atoms with E-state index in [1.165, 1.54) is 38.1 Å². The second kappa shape index (κ2) is 9.76. The second-order valence-corrected chi connectivity index (χ2v) is 10.7. The fourth-order valence-electron chi connectivity index (χ4n) is 2.88. The highest BCUT2D eigenvalue weighted by atomic mass is 32.2. The Morgan fingerprint density at radius 1 is 1.17 bits per heavy atom. The van der Waals surface area contributed by atoms with E-state index in [0.29, 0.717) is 11.1 Å². The van der Waals surface area contributed by atoms with Gasteiger partial charge in [0.25, 0.3) is 0 Å². The van der Waals surface area contributed by atoms with Crippen molar-refractivity contribution >= 4 is 23.8 Å². The average Bonchev–Trinajstić information content (AvgIpc) is 2.71. The van der Waals surface area contributed by atoms with Gasteiger partial charge in [0, 0.05) is 12.5 Å². The van der Waals surface area contributed by atoms with E-state index < -0.39 is 47.3 Å². The summed E-state index contributed by atoms with van der Waals surface area (Å²) in [5, 5.41) is 20.7. The lowest BCUT2D eigenvalue weighted by molar-refractivity contribution is -0.138. The molecule has 0 aromatic heterocycles. The van der Waals surface area contributed by atoms with Crippen LogP contribution in [0.4, 0.5) is 0 Å². The van der Waals surface area contributed by atoms with Crippen LogP contribution in [0.1, 0.15) is 30.9 Å². The van der Waals surface area contributed by atoms with Gasteiger partial charge in [-0.05, 0) is 23.3 Å². The first kappa shape index (κ1) is 24.1. The van der Waals surface area contributed by atoms with Crippen LogP contribution in [0.2, 0.25) is 0 Å². The number of aliphatic hydroxyl groups is 1. The standard InChI is InChI=1S/C20H25N2O6PS/c1-14(2)20(25,22-30(27,28)17-9-4-3-5-10-17)29(26)13-18(19(23)24)16-8-6-7-15(11-16)12-21/h3-11,14,18,22,25H,12-13,21H2,1-2H3/p+1/t18?,20-/m1/s1. The van der Waals surface area contributed by atoms with Crippen molar-refractivity contribution in [1.82, 2.24) is 4.72 Å². The lowest BCUT2D eigenvalue weighted by Gasteiger charge is -2.24. The molecule has 5 N–H and O–H groups in total. The van der Waals surface area contributed by atoms with E-state index in [1.807, 2.05) is 0 Å². The number of nitrogens with one attached hydrogen (secondary N) is 1. The summed E-state index contributed by atoms with van der Waals surface area (Å²) >= 11 is 0. The molecule has 0 saturated heterocycles. The van der Waals surface area contributed by atoms with Crippen LogP contribution < -0.4 is 10.5 Å². The highest BCUT2D eigenvalue weighted by Crippen LogP contribution is 2.44. The van der Waals surface area contributed by atoms with Crippen molar-refractivity contribution in [3.05, 3.63) is 65.7 Å². The van der Waals surface area contributed by atoms with E-state index in [1.54, 1.807) is 30.3 Å². The van der Waals surface area contributed by atoms with Gasteiger partial charge < -0.3 is 15.9 Å². The zero-order valence-electron chi connectivity index (χ0n) is 16.7. The number of carbonyl (C=O) groups is 1. The van der Waals surface area contributed by atoms with Gasteiger partial charge in [0.1, 0.15) is 5.92 Å². The van der Waals surface area contributed by atoms with Crippen LogP contribution in [0.25, 0.3) is 0 Å². The quantitative estimate of drug-likeness (QED) is 0.319. The lowest BCUT2D eigenvalue weighted by Crippen LogP contribution is -2.50. The van der Waals surface area contributed by atoms with E-state index in [-0.39, 0.29) is 11.4 Å². The van der Waals surface area contributed by atoms with Crippen molar-refractivity contribution in [2.45, 2.75) is 36.7 Å². The van der Waals surface area contributed by atoms with Crippen LogP contribution in [0.15, 0.2) is 59.5 Å². The van der Waals surface area contributed by atoms with Crippen molar-refractivity contribution in [3.63, 3.8) is 0 Å². The van der Waals surface area contributed by atoms with Crippen LogP contribution >= 0.6 is 7.80 Å². The zero-order chi connectivity index (χ0) is 22.5. The maximum atomic E-state index is 13.1. The van der Waals surface area contributed by atoms with E-state index in [2.05, 4.69) is 4.72 Å². The molecule has 0 radical (unpaired) electrons. The van der Waals surface area contributed by atoms with E-state index in [9.17, 15) is 28.0 Å². The predicted octanol–water partition coefficient (Wildman–Crippen LogP) is 2.42. The van der Waals surface area contributed by atoms with Crippen molar-refractivity contribution in [2.24, 2.45) is 11.7 Å². The summed E-state index contributed by atoms with van der Waals surface area (Å²) in [7, 11) is -6.91. The molecule has 0 aliphatic heterocycles. The van der Waals surface area contributed by atoms with Gasteiger partial charge in [-0.15, -0.1) is 4.72 Å². The maximum absolute atomic E-state index is 13.1. The molecule has 0 bridgehead atoms. The van der Waals surface area contributed by atoms with Gasteiger partial charge in [0.2, 0.25) is 10.0 Å². The van der Waals surface area contributed by atoms with Crippen LogP contribution in [0.3, 0.4) is 0 Å². The Balaban J connectivity index is 2.36. The molecular weight excluding hydrogens is 427 g/mol. The summed E-state index contributed by atoms with van der Waals surface area (Å²) in [6, 6.07) is 13.9. The first-order valence-corrected chi connectivity index (χ1v) is 12.2. The Kier molecular flexibility index (Phi) is 7.85. The lowest BCUT2D eigenvalue weighted by atomic mass is 9.99. The average molecular weight is 453 g/mol. The number of rotatable bonds is 10. The number of carboxylic acids is 1. The van der Waals surface area contributed by atoms with E-state index in [0.717, 1.165) is 0 Å². The molecule has 0 spiro atoms. The van der Waals surface area contributed by atoms with E-state index >= 15 is 0 Å². The molecule has 0 saturated carbocycles. The molecule has 10 heteroatoms.